The van der Waals surface area contributed by atoms with Gasteiger partial charge in [0.15, 0.2) is 0 Å². The fourth-order valence-corrected chi connectivity index (χ4v) is 1.27. The van der Waals surface area contributed by atoms with Gasteiger partial charge in [-0.2, -0.15) is 0 Å². The smallest absolute Gasteiger partial charge is 0.221 e. The third kappa shape index (κ3) is 3.21. The van der Waals surface area contributed by atoms with E-state index >= 15 is 0 Å². The van der Waals surface area contributed by atoms with Gasteiger partial charge in [0.25, 0.3) is 0 Å². The number of carbonyl (C=O) groups is 1. The van der Waals surface area contributed by atoms with Crippen LogP contribution in [0.3, 0.4) is 0 Å². The van der Waals surface area contributed by atoms with E-state index in [9.17, 15) is 4.79 Å². The standard InChI is InChI=1S/C12H14N2O2/c1-4-7-13-11-8-10(14-9(2)15)5-6-12(11)16-3/h1,5-6,8,13H,7H2,2-3H3,(H,14,15). The van der Waals surface area contributed by atoms with Crippen molar-refractivity contribution in [1.29, 1.82) is 0 Å². The normalized spacial score (nSPS) is 9.06. The van der Waals surface area contributed by atoms with Gasteiger partial charge >= 0.3 is 0 Å². The predicted octanol–water partition coefficient (Wildman–Crippen LogP) is 1.70. The van der Waals surface area contributed by atoms with Crippen molar-refractivity contribution in [1.82, 2.24) is 0 Å². The number of benzene rings is 1. The molecule has 1 rings (SSSR count). The van der Waals surface area contributed by atoms with Crippen LogP contribution in [0.2, 0.25) is 0 Å². The summed E-state index contributed by atoms with van der Waals surface area (Å²) in [4.78, 5) is 10.9. The molecule has 0 fully saturated rings. The van der Waals surface area contributed by atoms with Crippen LogP contribution >= 0.6 is 0 Å². The van der Waals surface area contributed by atoms with E-state index in [0.717, 1.165) is 5.69 Å². The van der Waals surface area contributed by atoms with Crippen molar-refractivity contribution < 1.29 is 9.53 Å². The molecule has 0 unspecified atom stereocenters. The minimum absolute atomic E-state index is 0.118. The summed E-state index contributed by atoms with van der Waals surface area (Å²) in [7, 11) is 1.58. The Morgan fingerprint density at radius 2 is 2.31 bits per heavy atom. The van der Waals surface area contributed by atoms with E-state index in [4.69, 9.17) is 11.2 Å². The van der Waals surface area contributed by atoms with Crippen molar-refractivity contribution in [2.45, 2.75) is 6.92 Å². The van der Waals surface area contributed by atoms with Crippen molar-refractivity contribution in [3.63, 3.8) is 0 Å². The molecule has 0 saturated heterocycles. The first-order chi connectivity index (χ1) is 7.67. The molecule has 0 heterocycles. The van der Waals surface area contributed by atoms with Crippen molar-refractivity contribution in [3.05, 3.63) is 18.2 Å². The Balaban J connectivity index is 2.92. The van der Waals surface area contributed by atoms with E-state index in [0.29, 0.717) is 18.0 Å². The molecule has 1 aromatic rings. The first-order valence-corrected chi connectivity index (χ1v) is 4.80. The van der Waals surface area contributed by atoms with E-state index in [1.807, 2.05) is 0 Å². The van der Waals surface area contributed by atoms with Gasteiger partial charge in [0, 0.05) is 12.6 Å². The maximum Gasteiger partial charge on any atom is 0.221 e. The molecule has 0 aliphatic heterocycles. The highest BCUT2D eigenvalue weighted by atomic mass is 16.5. The van der Waals surface area contributed by atoms with E-state index in [1.54, 1.807) is 25.3 Å². The fraction of sp³-hybridized carbons (Fsp3) is 0.250. The van der Waals surface area contributed by atoms with Gasteiger partial charge < -0.3 is 15.4 Å². The van der Waals surface area contributed by atoms with Gasteiger partial charge in [-0.3, -0.25) is 4.79 Å². The van der Waals surface area contributed by atoms with Crippen molar-refractivity contribution in [3.8, 4) is 18.1 Å². The summed E-state index contributed by atoms with van der Waals surface area (Å²) in [6.45, 7) is 1.86. The molecule has 0 atom stereocenters. The molecular weight excluding hydrogens is 204 g/mol. The first-order valence-electron chi connectivity index (χ1n) is 4.80. The number of hydrogen-bond acceptors (Lipinski definition) is 3. The molecule has 2 N–H and O–H groups in total. The number of amides is 1. The van der Waals surface area contributed by atoms with Gasteiger partial charge in [-0.25, -0.2) is 0 Å². The highest BCUT2D eigenvalue weighted by Gasteiger charge is 2.04. The lowest BCUT2D eigenvalue weighted by atomic mass is 10.2. The summed E-state index contributed by atoms with van der Waals surface area (Å²) < 4.78 is 5.16. The number of rotatable bonds is 4. The predicted molar refractivity (Wildman–Crippen MR) is 64.6 cm³/mol. The Morgan fingerprint density at radius 3 is 2.88 bits per heavy atom. The molecule has 4 nitrogen and oxygen atoms in total. The van der Waals surface area contributed by atoms with Gasteiger partial charge in [0.1, 0.15) is 5.75 Å². The molecule has 1 aromatic carbocycles. The van der Waals surface area contributed by atoms with Crippen LogP contribution < -0.4 is 15.4 Å². The van der Waals surface area contributed by atoms with Gasteiger partial charge in [-0.15, -0.1) is 6.42 Å². The number of ether oxygens (including phenoxy) is 1. The maximum atomic E-state index is 10.9. The molecule has 16 heavy (non-hydrogen) atoms. The average Bonchev–Trinajstić information content (AvgIpc) is 2.25. The van der Waals surface area contributed by atoms with Gasteiger partial charge in [0.2, 0.25) is 5.91 Å². The number of hydrogen-bond donors (Lipinski definition) is 2. The Morgan fingerprint density at radius 1 is 1.56 bits per heavy atom. The molecule has 4 heteroatoms. The van der Waals surface area contributed by atoms with Gasteiger partial charge in [0.05, 0.1) is 19.3 Å². The molecule has 84 valence electrons. The van der Waals surface area contributed by atoms with Crippen LogP contribution in [-0.4, -0.2) is 19.6 Å². The number of methoxy groups -OCH3 is 1. The molecule has 0 aromatic heterocycles. The largest absolute Gasteiger partial charge is 0.495 e. The Bertz CT molecular complexity index is 422. The third-order valence-electron chi connectivity index (χ3n) is 1.90. The zero-order chi connectivity index (χ0) is 12.0. The second-order valence-electron chi connectivity index (χ2n) is 3.15. The van der Waals surface area contributed by atoms with Crippen molar-refractivity contribution in [2.24, 2.45) is 0 Å². The quantitative estimate of drug-likeness (QED) is 0.756. The zero-order valence-electron chi connectivity index (χ0n) is 9.33. The molecule has 0 saturated carbocycles. The summed E-state index contributed by atoms with van der Waals surface area (Å²) >= 11 is 0. The Hall–Kier alpha value is -2.15. The van der Waals surface area contributed by atoms with E-state index in [2.05, 4.69) is 16.6 Å². The molecule has 0 bridgehead atoms. The summed E-state index contributed by atoms with van der Waals surface area (Å²) in [5.74, 6) is 3.04. The van der Waals surface area contributed by atoms with Crippen LogP contribution in [0.25, 0.3) is 0 Å². The number of anilines is 2. The van der Waals surface area contributed by atoms with Crippen LogP contribution in [0.4, 0.5) is 11.4 Å². The van der Waals surface area contributed by atoms with Crippen LogP contribution in [0.1, 0.15) is 6.92 Å². The van der Waals surface area contributed by atoms with E-state index < -0.39 is 0 Å². The lowest BCUT2D eigenvalue weighted by Gasteiger charge is -2.11. The molecule has 1 amide bonds. The van der Waals surface area contributed by atoms with E-state index in [-0.39, 0.29) is 5.91 Å². The highest BCUT2D eigenvalue weighted by Crippen LogP contribution is 2.27. The summed E-state index contributed by atoms with van der Waals surface area (Å²) in [6.07, 6.45) is 5.16. The van der Waals surface area contributed by atoms with Crippen LogP contribution in [0.5, 0.6) is 5.75 Å². The monoisotopic (exact) mass is 218 g/mol. The summed E-state index contributed by atoms with van der Waals surface area (Å²) in [5.41, 5.74) is 1.46. The minimum Gasteiger partial charge on any atom is -0.495 e. The minimum atomic E-state index is -0.118. The number of carbonyl (C=O) groups excluding carboxylic acids is 1. The molecule has 0 aliphatic carbocycles. The van der Waals surface area contributed by atoms with Gasteiger partial charge in [-0.1, -0.05) is 5.92 Å². The molecule has 0 radical (unpaired) electrons. The highest BCUT2D eigenvalue weighted by molar-refractivity contribution is 5.89. The lowest BCUT2D eigenvalue weighted by Crippen LogP contribution is -2.07. The van der Waals surface area contributed by atoms with Crippen molar-refractivity contribution >= 4 is 17.3 Å². The van der Waals surface area contributed by atoms with E-state index in [1.165, 1.54) is 6.92 Å². The number of nitrogens with one attached hydrogen (secondary N) is 2. The second kappa shape index (κ2) is 5.66. The first kappa shape index (κ1) is 11.9. The Kier molecular flexibility index (Phi) is 4.22. The maximum absolute atomic E-state index is 10.9. The molecule has 0 aliphatic rings. The zero-order valence-corrected chi connectivity index (χ0v) is 9.33. The second-order valence-corrected chi connectivity index (χ2v) is 3.15. The lowest BCUT2D eigenvalue weighted by molar-refractivity contribution is -0.114. The van der Waals surface area contributed by atoms with Crippen molar-refractivity contribution in [2.75, 3.05) is 24.3 Å². The summed E-state index contributed by atoms with van der Waals surface area (Å²) in [5, 5.41) is 5.70. The Labute approximate surface area is 95.0 Å². The molecule has 0 spiro atoms. The fourth-order valence-electron chi connectivity index (χ4n) is 1.27. The molecular formula is C12H14N2O2. The number of terminal acetylenes is 1. The van der Waals surface area contributed by atoms with Crippen LogP contribution in [0, 0.1) is 12.3 Å². The SMILES string of the molecule is C#CCNc1cc(NC(C)=O)ccc1OC. The van der Waals surface area contributed by atoms with Gasteiger partial charge in [-0.05, 0) is 18.2 Å². The third-order valence-corrected chi connectivity index (χ3v) is 1.90. The van der Waals surface area contributed by atoms with Crippen LogP contribution in [0.15, 0.2) is 18.2 Å². The van der Waals surface area contributed by atoms with Crippen LogP contribution in [-0.2, 0) is 4.79 Å². The summed E-state index contributed by atoms with van der Waals surface area (Å²) in [6, 6.07) is 5.31. The topological polar surface area (TPSA) is 50.4 Å². The average molecular weight is 218 g/mol.